The summed E-state index contributed by atoms with van der Waals surface area (Å²) in [5.41, 5.74) is 0. The first-order valence-electron chi connectivity index (χ1n) is 9.79. The van der Waals surface area contributed by atoms with Gasteiger partial charge in [0.05, 0.1) is 5.75 Å². The summed E-state index contributed by atoms with van der Waals surface area (Å²) in [6.45, 7) is 5.18. The van der Waals surface area contributed by atoms with E-state index in [-0.39, 0.29) is 23.5 Å². The molecule has 0 heterocycles. The van der Waals surface area contributed by atoms with Crippen LogP contribution < -0.4 is 21.3 Å². The molecule has 0 aromatic rings. The maximum Gasteiger partial charge on any atom is 0.321 e. The Morgan fingerprint density at radius 2 is 1.57 bits per heavy atom. The molecule has 4 N–H and O–H groups in total. The third-order valence-electron chi connectivity index (χ3n) is 4.20. The molecule has 0 spiro atoms. The number of imide groups is 2. The summed E-state index contributed by atoms with van der Waals surface area (Å²) < 4.78 is 0. The number of urea groups is 2. The van der Waals surface area contributed by atoms with Crippen LogP contribution in [0, 0.1) is 11.8 Å². The molecule has 0 unspecified atom stereocenters. The number of amides is 6. The Labute approximate surface area is 174 Å². The Bertz CT molecular complexity index is 526. The average molecular weight is 433 g/mol. The Kier molecular flexibility index (Phi) is 12.8. The Balaban J connectivity index is 1.96. The van der Waals surface area contributed by atoms with E-state index in [1.807, 2.05) is 0 Å². The molecule has 0 radical (unpaired) electrons. The minimum atomic E-state index is -0.477. The van der Waals surface area contributed by atoms with Gasteiger partial charge in [-0.1, -0.05) is 48.3 Å². The van der Waals surface area contributed by atoms with Crippen molar-refractivity contribution in [1.82, 2.24) is 21.3 Å². The molecule has 1 aliphatic carbocycles. The fraction of sp³-hybridized carbons (Fsp3) is 0.778. The van der Waals surface area contributed by atoms with Crippen molar-refractivity contribution in [3.63, 3.8) is 0 Å². The molecule has 0 bridgehead atoms. The molecule has 0 aromatic heterocycles. The minimum absolute atomic E-state index is 0.0402. The number of hydrogen-bond donors (Lipinski definition) is 4. The van der Waals surface area contributed by atoms with Gasteiger partial charge in [0.25, 0.3) is 0 Å². The van der Waals surface area contributed by atoms with Gasteiger partial charge in [0, 0.05) is 24.8 Å². The standard InChI is InChI=1S/C18H32N4O4S2/c1-13(2)6-5-9-19-17(25)21-15(23)12-28-27-11-10-20-18(26)22-16(24)14-7-3-4-8-14/h13-14H,3-12H2,1-2H3,(H2,19,21,23,25)(H2,20,22,24,26). The van der Waals surface area contributed by atoms with Crippen molar-refractivity contribution >= 4 is 45.5 Å². The van der Waals surface area contributed by atoms with Crippen molar-refractivity contribution in [2.24, 2.45) is 11.8 Å². The molecule has 1 rings (SSSR count). The zero-order valence-electron chi connectivity index (χ0n) is 16.7. The van der Waals surface area contributed by atoms with Crippen LogP contribution in [0.3, 0.4) is 0 Å². The van der Waals surface area contributed by atoms with Crippen molar-refractivity contribution in [3.05, 3.63) is 0 Å². The molecule has 10 heteroatoms. The van der Waals surface area contributed by atoms with Crippen LogP contribution in [0.4, 0.5) is 9.59 Å². The van der Waals surface area contributed by atoms with E-state index < -0.39 is 12.1 Å². The van der Waals surface area contributed by atoms with Crippen molar-refractivity contribution in [2.45, 2.75) is 52.4 Å². The van der Waals surface area contributed by atoms with Crippen molar-refractivity contribution in [3.8, 4) is 0 Å². The number of carbonyl (C=O) groups is 4. The molecule has 160 valence electrons. The summed E-state index contributed by atoms with van der Waals surface area (Å²) >= 11 is 0. The summed E-state index contributed by atoms with van der Waals surface area (Å²) in [5.74, 6) is 0.735. The van der Waals surface area contributed by atoms with E-state index in [4.69, 9.17) is 0 Å². The maximum atomic E-state index is 11.8. The smallest absolute Gasteiger partial charge is 0.321 e. The highest BCUT2D eigenvalue weighted by Gasteiger charge is 2.23. The number of rotatable bonds is 11. The van der Waals surface area contributed by atoms with E-state index in [1.54, 1.807) is 0 Å². The lowest BCUT2D eigenvalue weighted by Crippen LogP contribution is -2.42. The lowest BCUT2D eigenvalue weighted by atomic mass is 10.1. The molecule has 1 aliphatic rings. The van der Waals surface area contributed by atoms with Crippen molar-refractivity contribution in [1.29, 1.82) is 0 Å². The molecule has 0 aliphatic heterocycles. The summed E-state index contributed by atoms with van der Waals surface area (Å²) in [6, 6.07) is -0.945. The highest BCUT2D eigenvalue weighted by atomic mass is 33.1. The van der Waals surface area contributed by atoms with Gasteiger partial charge in [-0.15, -0.1) is 0 Å². The molecular weight excluding hydrogens is 400 g/mol. The van der Waals surface area contributed by atoms with Gasteiger partial charge in [0.2, 0.25) is 11.8 Å². The number of hydrogen-bond acceptors (Lipinski definition) is 6. The summed E-state index contributed by atoms with van der Waals surface area (Å²) in [4.78, 5) is 46.7. The lowest BCUT2D eigenvalue weighted by molar-refractivity contribution is -0.123. The molecule has 28 heavy (non-hydrogen) atoms. The second-order valence-corrected chi connectivity index (χ2v) is 9.73. The Hall–Kier alpha value is -1.42. The van der Waals surface area contributed by atoms with Gasteiger partial charge < -0.3 is 10.6 Å². The van der Waals surface area contributed by atoms with E-state index in [9.17, 15) is 19.2 Å². The van der Waals surface area contributed by atoms with Crippen molar-refractivity contribution < 1.29 is 19.2 Å². The third-order valence-corrected chi connectivity index (χ3v) is 6.47. The van der Waals surface area contributed by atoms with Crippen LogP contribution in [0.2, 0.25) is 0 Å². The molecular formula is C18H32N4O4S2. The molecule has 8 nitrogen and oxygen atoms in total. The number of nitrogens with one attached hydrogen (secondary N) is 4. The van der Waals surface area contributed by atoms with Crippen LogP contribution >= 0.6 is 21.6 Å². The third kappa shape index (κ3) is 12.1. The van der Waals surface area contributed by atoms with Gasteiger partial charge in [0.1, 0.15) is 0 Å². The lowest BCUT2D eigenvalue weighted by Gasteiger charge is -2.10. The maximum absolute atomic E-state index is 11.8. The Morgan fingerprint density at radius 1 is 0.929 bits per heavy atom. The first-order valence-corrected chi connectivity index (χ1v) is 12.3. The summed E-state index contributed by atoms with van der Waals surface area (Å²) in [5, 5.41) is 9.93. The largest absolute Gasteiger partial charge is 0.338 e. The first-order chi connectivity index (χ1) is 13.4. The quantitative estimate of drug-likeness (QED) is 0.295. The SMILES string of the molecule is CC(C)CCCNC(=O)NC(=O)CSSCCNC(=O)NC(=O)C1CCCC1. The predicted molar refractivity (Wildman–Crippen MR) is 114 cm³/mol. The van der Waals surface area contributed by atoms with Crippen LogP contribution in [0.5, 0.6) is 0 Å². The second kappa shape index (κ2) is 14.6. The zero-order valence-corrected chi connectivity index (χ0v) is 18.3. The number of carbonyl (C=O) groups excluding carboxylic acids is 4. The normalized spacial score (nSPS) is 14.0. The molecule has 6 amide bonds. The van der Waals surface area contributed by atoms with Gasteiger partial charge >= 0.3 is 12.1 Å². The van der Waals surface area contributed by atoms with Gasteiger partial charge in [-0.2, -0.15) is 0 Å². The van der Waals surface area contributed by atoms with Crippen LogP contribution in [-0.4, -0.2) is 48.5 Å². The van der Waals surface area contributed by atoms with E-state index in [0.717, 1.165) is 38.5 Å². The topological polar surface area (TPSA) is 116 Å². The molecule has 0 aromatic carbocycles. The highest BCUT2D eigenvalue weighted by molar-refractivity contribution is 8.76. The molecule has 1 fully saturated rings. The van der Waals surface area contributed by atoms with E-state index >= 15 is 0 Å². The molecule has 0 saturated heterocycles. The van der Waals surface area contributed by atoms with E-state index in [0.29, 0.717) is 24.8 Å². The minimum Gasteiger partial charge on any atom is -0.338 e. The summed E-state index contributed by atoms with van der Waals surface area (Å²) in [6.07, 6.45) is 5.70. The second-order valence-electron chi connectivity index (χ2n) is 7.15. The molecule has 0 atom stereocenters. The zero-order chi connectivity index (χ0) is 20.8. The van der Waals surface area contributed by atoms with Gasteiger partial charge in [0.15, 0.2) is 0 Å². The van der Waals surface area contributed by atoms with Crippen LogP contribution in [-0.2, 0) is 9.59 Å². The van der Waals surface area contributed by atoms with Crippen LogP contribution in [0.25, 0.3) is 0 Å². The fourth-order valence-electron chi connectivity index (χ4n) is 2.73. The Morgan fingerprint density at radius 3 is 2.25 bits per heavy atom. The van der Waals surface area contributed by atoms with Crippen LogP contribution in [0.1, 0.15) is 52.4 Å². The summed E-state index contributed by atoms with van der Waals surface area (Å²) in [7, 11) is 2.72. The van der Waals surface area contributed by atoms with Crippen molar-refractivity contribution in [2.75, 3.05) is 24.6 Å². The van der Waals surface area contributed by atoms with Gasteiger partial charge in [-0.3, -0.25) is 20.2 Å². The molecule has 1 saturated carbocycles. The first kappa shape index (κ1) is 24.6. The average Bonchev–Trinajstić information content (AvgIpc) is 3.16. The highest BCUT2D eigenvalue weighted by Crippen LogP contribution is 2.24. The van der Waals surface area contributed by atoms with Gasteiger partial charge in [-0.25, -0.2) is 9.59 Å². The van der Waals surface area contributed by atoms with Gasteiger partial charge in [-0.05, 0) is 31.6 Å². The predicted octanol–water partition coefficient (Wildman–Crippen LogP) is 2.65. The monoisotopic (exact) mass is 432 g/mol. The van der Waals surface area contributed by atoms with E-state index in [1.165, 1.54) is 21.6 Å². The fourth-order valence-corrected chi connectivity index (χ4v) is 4.47. The van der Waals surface area contributed by atoms with E-state index in [2.05, 4.69) is 35.1 Å². The van der Waals surface area contributed by atoms with Crippen LogP contribution in [0.15, 0.2) is 0 Å².